The molecule has 1 aromatic carbocycles. The number of para-hydroxylation sites is 1. The number of carbonyl (C=O) groups is 1. The zero-order valence-electron chi connectivity index (χ0n) is 7.43. The molecule has 13 heavy (non-hydrogen) atoms. The van der Waals surface area contributed by atoms with E-state index in [0.29, 0.717) is 6.73 Å². The maximum absolute atomic E-state index is 10.7. The molecule has 68 valence electrons. The molecule has 0 N–H and O–H groups in total. The lowest BCUT2D eigenvalue weighted by atomic mass is 10.1. The van der Waals surface area contributed by atoms with Crippen molar-refractivity contribution >= 4 is 12.0 Å². The number of hydrogen-bond donors (Lipinski definition) is 0. The Labute approximate surface area is 76.9 Å². The van der Waals surface area contributed by atoms with E-state index in [1.807, 2.05) is 36.2 Å². The third-order valence-electron chi connectivity index (χ3n) is 2.23. The zero-order chi connectivity index (χ0) is 9.26. The van der Waals surface area contributed by atoms with Gasteiger partial charge in [-0.15, -0.1) is 0 Å². The zero-order valence-corrected chi connectivity index (χ0v) is 7.43. The first kappa shape index (κ1) is 8.26. The molecule has 0 aromatic heterocycles. The van der Waals surface area contributed by atoms with Crippen molar-refractivity contribution in [1.82, 2.24) is 0 Å². The predicted octanol–water partition coefficient (Wildman–Crippen LogP) is 1.35. The summed E-state index contributed by atoms with van der Waals surface area (Å²) in [4.78, 5) is 12.7. The Morgan fingerprint density at radius 2 is 2.31 bits per heavy atom. The van der Waals surface area contributed by atoms with Gasteiger partial charge < -0.3 is 14.4 Å². The number of aldehydes is 1. The van der Waals surface area contributed by atoms with Gasteiger partial charge in [-0.1, -0.05) is 18.2 Å². The minimum atomic E-state index is -0.396. The number of ether oxygens (including phenoxy) is 1. The molecule has 1 aliphatic rings. The van der Waals surface area contributed by atoms with Crippen LogP contribution >= 0.6 is 0 Å². The number of anilines is 1. The number of carbonyl (C=O) groups excluding carboxylic acids is 1. The molecule has 0 radical (unpaired) electrons. The second-order valence-corrected chi connectivity index (χ2v) is 3.11. The van der Waals surface area contributed by atoms with Crippen LogP contribution in [0.25, 0.3) is 0 Å². The smallest absolute Gasteiger partial charge is 0.153 e. The first-order valence-electron chi connectivity index (χ1n) is 4.20. The van der Waals surface area contributed by atoms with Gasteiger partial charge in [0.2, 0.25) is 0 Å². The molecule has 0 saturated heterocycles. The average molecular weight is 177 g/mol. The van der Waals surface area contributed by atoms with Crippen LogP contribution in [0.2, 0.25) is 0 Å². The van der Waals surface area contributed by atoms with E-state index in [0.717, 1.165) is 17.5 Å². The van der Waals surface area contributed by atoms with Gasteiger partial charge in [-0.2, -0.15) is 0 Å². The van der Waals surface area contributed by atoms with Crippen molar-refractivity contribution in [3.05, 3.63) is 29.8 Å². The van der Waals surface area contributed by atoms with Crippen molar-refractivity contribution < 1.29 is 9.53 Å². The Kier molecular flexibility index (Phi) is 2.02. The maximum Gasteiger partial charge on any atom is 0.153 e. The molecule has 1 unspecified atom stereocenters. The molecule has 0 aliphatic carbocycles. The lowest BCUT2D eigenvalue weighted by molar-refractivity contribution is -0.118. The van der Waals surface area contributed by atoms with E-state index in [1.54, 1.807) is 0 Å². The van der Waals surface area contributed by atoms with Crippen LogP contribution in [-0.2, 0) is 9.53 Å². The fourth-order valence-corrected chi connectivity index (χ4v) is 1.54. The maximum atomic E-state index is 10.7. The molecule has 0 amide bonds. The van der Waals surface area contributed by atoms with Gasteiger partial charge >= 0.3 is 0 Å². The molecule has 0 spiro atoms. The van der Waals surface area contributed by atoms with Crippen molar-refractivity contribution in [3.8, 4) is 0 Å². The monoisotopic (exact) mass is 177 g/mol. The fourth-order valence-electron chi connectivity index (χ4n) is 1.54. The minimum Gasteiger partial charge on any atom is -0.351 e. The van der Waals surface area contributed by atoms with Gasteiger partial charge in [-0.3, -0.25) is 0 Å². The molecule has 1 aromatic rings. The van der Waals surface area contributed by atoms with Gasteiger partial charge in [0, 0.05) is 18.3 Å². The summed E-state index contributed by atoms with van der Waals surface area (Å²) in [5.41, 5.74) is 2.03. The fraction of sp³-hybridized carbons (Fsp3) is 0.300. The van der Waals surface area contributed by atoms with Crippen LogP contribution in [0.1, 0.15) is 11.7 Å². The molecular weight excluding hydrogens is 166 g/mol. The summed E-state index contributed by atoms with van der Waals surface area (Å²) in [6.45, 7) is 0.473. The third kappa shape index (κ3) is 1.31. The molecule has 1 atom stereocenters. The van der Waals surface area contributed by atoms with Crippen molar-refractivity contribution in [2.45, 2.75) is 6.10 Å². The number of benzene rings is 1. The minimum absolute atomic E-state index is 0.396. The van der Waals surface area contributed by atoms with E-state index in [2.05, 4.69) is 0 Å². The molecule has 0 bridgehead atoms. The summed E-state index contributed by atoms with van der Waals surface area (Å²) in [6, 6.07) is 7.79. The summed E-state index contributed by atoms with van der Waals surface area (Å²) < 4.78 is 5.32. The summed E-state index contributed by atoms with van der Waals surface area (Å²) >= 11 is 0. The van der Waals surface area contributed by atoms with Crippen LogP contribution in [0.3, 0.4) is 0 Å². The summed E-state index contributed by atoms with van der Waals surface area (Å²) in [5.74, 6) is 0. The second kappa shape index (κ2) is 3.18. The molecular formula is C10H11NO2. The van der Waals surface area contributed by atoms with Crippen molar-refractivity contribution in [2.75, 3.05) is 18.7 Å². The lowest BCUT2D eigenvalue weighted by Crippen LogP contribution is -2.29. The lowest BCUT2D eigenvalue weighted by Gasteiger charge is -2.30. The van der Waals surface area contributed by atoms with E-state index in [-0.39, 0.29) is 0 Å². The van der Waals surface area contributed by atoms with E-state index < -0.39 is 6.10 Å². The molecule has 0 fully saturated rings. The van der Waals surface area contributed by atoms with E-state index >= 15 is 0 Å². The highest BCUT2D eigenvalue weighted by molar-refractivity contribution is 5.68. The molecule has 3 heteroatoms. The standard InChI is InChI=1S/C10H11NO2/c1-11-7-13-10(6-12)8-4-2-3-5-9(8)11/h2-6,10H,7H2,1H3. The highest BCUT2D eigenvalue weighted by Gasteiger charge is 2.22. The normalized spacial score (nSPS) is 21.0. The largest absolute Gasteiger partial charge is 0.351 e. The summed E-state index contributed by atoms with van der Waals surface area (Å²) in [7, 11) is 1.94. The SMILES string of the molecule is CN1COC(C=O)c2ccccc21. The Morgan fingerprint density at radius 3 is 3.08 bits per heavy atom. The van der Waals surface area contributed by atoms with Crippen LogP contribution in [0.5, 0.6) is 0 Å². The Bertz CT molecular complexity index is 324. The van der Waals surface area contributed by atoms with E-state index in [4.69, 9.17) is 4.74 Å². The van der Waals surface area contributed by atoms with Gasteiger partial charge in [0.15, 0.2) is 6.29 Å². The van der Waals surface area contributed by atoms with Crippen LogP contribution in [-0.4, -0.2) is 20.1 Å². The van der Waals surface area contributed by atoms with Crippen molar-refractivity contribution in [3.63, 3.8) is 0 Å². The average Bonchev–Trinajstić information content (AvgIpc) is 2.19. The van der Waals surface area contributed by atoms with Gasteiger partial charge in [0.05, 0.1) is 0 Å². The number of nitrogens with zero attached hydrogens (tertiary/aromatic N) is 1. The molecule has 2 rings (SSSR count). The molecule has 1 heterocycles. The first-order chi connectivity index (χ1) is 6.33. The van der Waals surface area contributed by atoms with Crippen molar-refractivity contribution in [1.29, 1.82) is 0 Å². The first-order valence-corrected chi connectivity index (χ1v) is 4.20. The van der Waals surface area contributed by atoms with Gasteiger partial charge in [0.1, 0.15) is 12.8 Å². The Morgan fingerprint density at radius 1 is 1.54 bits per heavy atom. The third-order valence-corrected chi connectivity index (χ3v) is 2.23. The molecule has 3 nitrogen and oxygen atoms in total. The van der Waals surface area contributed by atoms with Crippen LogP contribution in [0.4, 0.5) is 5.69 Å². The van der Waals surface area contributed by atoms with E-state index in [1.165, 1.54) is 0 Å². The Balaban J connectivity index is 2.47. The van der Waals surface area contributed by atoms with Crippen LogP contribution in [0, 0.1) is 0 Å². The number of hydrogen-bond acceptors (Lipinski definition) is 3. The highest BCUT2D eigenvalue weighted by Crippen LogP contribution is 2.30. The summed E-state index contributed by atoms with van der Waals surface area (Å²) in [5, 5.41) is 0. The van der Waals surface area contributed by atoms with Gasteiger partial charge in [-0.05, 0) is 6.07 Å². The molecule has 0 saturated carbocycles. The molecule has 1 aliphatic heterocycles. The second-order valence-electron chi connectivity index (χ2n) is 3.11. The topological polar surface area (TPSA) is 29.5 Å². The van der Waals surface area contributed by atoms with Crippen LogP contribution in [0.15, 0.2) is 24.3 Å². The highest BCUT2D eigenvalue weighted by atomic mass is 16.5. The Hall–Kier alpha value is -1.35. The van der Waals surface area contributed by atoms with Crippen molar-refractivity contribution in [2.24, 2.45) is 0 Å². The predicted molar refractivity (Wildman–Crippen MR) is 49.6 cm³/mol. The summed E-state index contributed by atoms with van der Waals surface area (Å²) in [6.07, 6.45) is 0.443. The van der Waals surface area contributed by atoms with Gasteiger partial charge in [0.25, 0.3) is 0 Å². The number of rotatable bonds is 1. The van der Waals surface area contributed by atoms with Crippen LogP contribution < -0.4 is 4.90 Å². The van der Waals surface area contributed by atoms with Gasteiger partial charge in [-0.25, -0.2) is 0 Å². The van der Waals surface area contributed by atoms with E-state index in [9.17, 15) is 4.79 Å². The number of fused-ring (bicyclic) bond motifs is 1. The quantitative estimate of drug-likeness (QED) is 0.606.